The molecule has 0 aliphatic carbocycles. The summed E-state index contributed by atoms with van der Waals surface area (Å²) in [6, 6.07) is 2.31. The Labute approximate surface area is 86.8 Å². The average Bonchev–Trinajstić information content (AvgIpc) is 2.68. The summed E-state index contributed by atoms with van der Waals surface area (Å²) >= 11 is 0. The molecule has 1 unspecified atom stereocenters. The van der Waals surface area contributed by atoms with E-state index in [4.69, 9.17) is 15.5 Å². The standard InChI is InChI=1S/C5H8N2.C4H4O4/c6-4-5-2-1-3-7-5;5-3(6)1-2-4(7)8/h5,7H,1-3H2;1-2H,(H,5,6)(H,7,8). The third kappa shape index (κ3) is 8.46. The zero-order valence-corrected chi connectivity index (χ0v) is 8.01. The molecule has 1 aliphatic heterocycles. The van der Waals surface area contributed by atoms with Crippen molar-refractivity contribution in [3.63, 3.8) is 0 Å². The molecule has 6 nitrogen and oxygen atoms in total. The summed E-state index contributed by atoms with van der Waals surface area (Å²) in [6.07, 6.45) is 3.32. The number of carbonyl (C=O) groups is 2. The molecular weight excluding hydrogens is 200 g/mol. The fourth-order valence-corrected chi connectivity index (χ4v) is 0.937. The van der Waals surface area contributed by atoms with Gasteiger partial charge in [-0.15, -0.1) is 0 Å². The minimum absolute atomic E-state index is 0.153. The highest BCUT2D eigenvalue weighted by molar-refractivity contribution is 5.89. The lowest BCUT2D eigenvalue weighted by atomic mass is 10.2. The van der Waals surface area contributed by atoms with Crippen molar-refractivity contribution in [2.45, 2.75) is 18.9 Å². The first kappa shape index (κ1) is 13.1. The molecule has 1 aliphatic rings. The van der Waals surface area contributed by atoms with Gasteiger partial charge in [-0.1, -0.05) is 0 Å². The quantitative estimate of drug-likeness (QED) is 0.554. The van der Waals surface area contributed by atoms with E-state index in [1.807, 2.05) is 0 Å². The van der Waals surface area contributed by atoms with Crippen molar-refractivity contribution in [2.24, 2.45) is 0 Å². The molecule has 82 valence electrons. The van der Waals surface area contributed by atoms with Crippen molar-refractivity contribution in [3.8, 4) is 6.07 Å². The van der Waals surface area contributed by atoms with Crippen molar-refractivity contribution in [3.05, 3.63) is 12.2 Å². The van der Waals surface area contributed by atoms with Crippen molar-refractivity contribution in [1.82, 2.24) is 5.32 Å². The maximum atomic E-state index is 9.55. The summed E-state index contributed by atoms with van der Waals surface area (Å²) < 4.78 is 0. The molecule has 0 aromatic heterocycles. The number of nitriles is 1. The fraction of sp³-hybridized carbons (Fsp3) is 0.444. The van der Waals surface area contributed by atoms with Gasteiger partial charge in [0.05, 0.1) is 12.1 Å². The summed E-state index contributed by atoms with van der Waals surface area (Å²) in [5.41, 5.74) is 0. The van der Waals surface area contributed by atoms with Gasteiger partial charge in [0.25, 0.3) is 0 Å². The smallest absolute Gasteiger partial charge is 0.328 e. The average molecular weight is 212 g/mol. The van der Waals surface area contributed by atoms with Crippen LogP contribution in [0.1, 0.15) is 12.8 Å². The number of nitrogens with zero attached hydrogens (tertiary/aromatic N) is 1. The van der Waals surface area contributed by atoms with E-state index in [1.165, 1.54) is 0 Å². The van der Waals surface area contributed by atoms with Crippen LogP contribution in [-0.4, -0.2) is 34.7 Å². The van der Waals surface area contributed by atoms with Crippen LogP contribution >= 0.6 is 0 Å². The highest BCUT2D eigenvalue weighted by atomic mass is 16.4. The van der Waals surface area contributed by atoms with E-state index in [1.54, 1.807) is 0 Å². The van der Waals surface area contributed by atoms with Gasteiger partial charge in [-0.25, -0.2) is 9.59 Å². The molecular formula is C9H12N2O4. The Morgan fingerprint density at radius 1 is 1.33 bits per heavy atom. The van der Waals surface area contributed by atoms with Crippen LogP contribution in [0.15, 0.2) is 12.2 Å². The zero-order chi connectivity index (χ0) is 11.7. The lowest BCUT2D eigenvalue weighted by Crippen LogP contribution is -2.18. The SMILES string of the molecule is N#CC1CCCN1.O=C(O)C=CC(=O)O. The number of nitrogens with one attached hydrogen (secondary N) is 1. The van der Waals surface area contributed by atoms with E-state index in [9.17, 15) is 9.59 Å². The first-order chi connectivity index (χ1) is 7.06. The summed E-state index contributed by atoms with van der Waals surface area (Å²) in [4.78, 5) is 19.1. The predicted octanol–water partition coefficient (Wildman–Crippen LogP) is -0.0262. The van der Waals surface area contributed by atoms with Gasteiger partial charge in [0.15, 0.2) is 0 Å². The third-order valence-electron chi connectivity index (χ3n) is 1.58. The van der Waals surface area contributed by atoms with Gasteiger partial charge in [0, 0.05) is 12.2 Å². The minimum Gasteiger partial charge on any atom is -0.478 e. The van der Waals surface area contributed by atoms with Gasteiger partial charge in [0.2, 0.25) is 0 Å². The first-order valence-corrected chi connectivity index (χ1v) is 4.33. The molecule has 3 N–H and O–H groups in total. The van der Waals surface area contributed by atoms with Crippen molar-refractivity contribution in [1.29, 1.82) is 5.26 Å². The van der Waals surface area contributed by atoms with Gasteiger partial charge in [0.1, 0.15) is 0 Å². The molecule has 1 saturated heterocycles. The second-order valence-corrected chi connectivity index (χ2v) is 2.79. The largest absolute Gasteiger partial charge is 0.478 e. The van der Waals surface area contributed by atoms with E-state index < -0.39 is 11.9 Å². The van der Waals surface area contributed by atoms with Crippen LogP contribution in [0.3, 0.4) is 0 Å². The number of rotatable bonds is 2. The van der Waals surface area contributed by atoms with Crippen LogP contribution in [-0.2, 0) is 9.59 Å². The number of carboxylic acids is 2. The third-order valence-corrected chi connectivity index (χ3v) is 1.58. The summed E-state index contributed by atoms with van der Waals surface area (Å²) in [5.74, 6) is -2.51. The van der Waals surface area contributed by atoms with Crippen molar-refractivity contribution < 1.29 is 19.8 Å². The second kappa shape index (κ2) is 7.53. The van der Waals surface area contributed by atoms with E-state index in [0.717, 1.165) is 19.4 Å². The lowest BCUT2D eigenvalue weighted by molar-refractivity contribution is -0.134. The molecule has 15 heavy (non-hydrogen) atoms. The van der Waals surface area contributed by atoms with Crippen LogP contribution < -0.4 is 5.32 Å². The van der Waals surface area contributed by atoms with Gasteiger partial charge < -0.3 is 15.5 Å². The maximum Gasteiger partial charge on any atom is 0.328 e. The summed E-state index contributed by atoms with van der Waals surface area (Å²) in [5, 5.41) is 26.9. The number of hydrogen-bond acceptors (Lipinski definition) is 4. The van der Waals surface area contributed by atoms with E-state index in [2.05, 4.69) is 11.4 Å². The zero-order valence-electron chi connectivity index (χ0n) is 8.01. The maximum absolute atomic E-state index is 9.55. The first-order valence-electron chi connectivity index (χ1n) is 4.33. The van der Waals surface area contributed by atoms with E-state index >= 15 is 0 Å². The molecule has 0 radical (unpaired) electrons. The van der Waals surface area contributed by atoms with Gasteiger partial charge in [-0.3, -0.25) is 0 Å². The van der Waals surface area contributed by atoms with Crippen molar-refractivity contribution >= 4 is 11.9 Å². The molecule has 0 spiro atoms. The summed E-state index contributed by atoms with van der Waals surface area (Å²) in [7, 11) is 0. The van der Waals surface area contributed by atoms with Crippen LogP contribution in [0.25, 0.3) is 0 Å². The highest BCUT2D eigenvalue weighted by Crippen LogP contribution is 2.01. The number of hydrogen-bond donors (Lipinski definition) is 3. The molecule has 0 bridgehead atoms. The Kier molecular flexibility index (Phi) is 6.59. The topological polar surface area (TPSA) is 110 Å². The normalized spacial score (nSPS) is 19.0. The van der Waals surface area contributed by atoms with Crippen LogP contribution in [0.5, 0.6) is 0 Å². The fourth-order valence-electron chi connectivity index (χ4n) is 0.937. The lowest BCUT2D eigenvalue weighted by Gasteiger charge is -1.91. The molecule has 1 rings (SSSR count). The van der Waals surface area contributed by atoms with Crippen molar-refractivity contribution in [2.75, 3.05) is 6.54 Å². The molecule has 1 heterocycles. The molecule has 1 fully saturated rings. The Morgan fingerprint density at radius 2 is 1.87 bits per heavy atom. The van der Waals surface area contributed by atoms with E-state index in [-0.39, 0.29) is 6.04 Å². The molecule has 0 saturated carbocycles. The van der Waals surface area contributed by atoms with Crippen LogP contribution in [0.2, 0.25) is 0 Å². The number of aliphatic carboxylic acids is 2. The molecule has 0 amide bonds. The predicted molar refractivity (Wildman–Crippen MR) is 51.0 cm³/mol. The van der Waals surface area contributed by atoms with Gasteiger partial charge in [-0.05, 0) is 19.4 Å². The Morgan fingerprint density at radius 3 is 2.07 bits per heavy atom. The van der Waals surface area contributed by atoms with Gasteiger partial charge >= 0.3 is 11.9 Å². The second-order valence-electron chi connectivity index (χ2n) is 2.79. The molecule has 6 heteroatoms. The Hall–Kier alpha value is -1.87. The molecule has 0 aromatic carbocycles. The Bertz CT molecular complexity index is 271. The molecule has 1 atom stereocenters. The van der Waals surface area contributed by atoms with Crippen LogP contribution in [0.4, 0.5) is 0 Å². The number of carboxylic acid groups (broad SMARTS) is 2. The monoisotopic (exact) mass is 212 g/mol. The molecule has 0 aromatic rings. The van der Waals surface area contributed by atoms with E-state index in [0.29, 0.717) is 12.2 Å². The van der Waals surface area contributed by atoms with Gasteiger partial charge in [-0.2, -0.15) is 5.26 Å². The minimum atomic E-state index is -1.26. The van der Waals surface area contributed by atoms with Crippen LogP contribution in [0, 0.1) is 11.3 Å². The Balaban J connectivity index is 0.000000262. The highest BCUT2D eigenvalue weighted by Gasteiger charge is 2.10. The summed E-state index contributed by atoms with van der Waals surface area (Å²) in [6.45, 7) is 1.03.